The van der Waals surface area contributed by atoms with E-state index in [1.165, 1.54) is 5.56 Å². The van der Waals surface area contributed by atoms with Gasteiger partial charge in [-0.15, -0.1) is 0 Å². The van der Waals surface area contributed by atoms with Crippen molar-refractivity contribution in [3.05, 3.63) is 89.0 Å². The van der Waals surface area contributed by atoms with Crippen molar-refractivity contribution in [2.75, 3.05) is 10.8 Å². The number of aliphatic imine (C=N–C) groups is 1. The van der Waals surface area contributed by atoms with Crippen molar-refractivity contribution in [2.45, 2.75) is 66.5 Å². The van der Waals surface area contributed by atoms with Crippen molar-refractivity contribution in [3.8, 4) is 11.5 Å². The Morgan fingerprint density at radius 1 is 0.973 bits per heavy atom. The molecule has 5 nitrogen and oxygen atoms in total. The fourth-order valence-corrected chi connectivity index (χ4v) is 5.78. The van der Waals surface area contributed by atoms with E-state index >= 15 is 0 Å². The van der Waals surface area contributed by atoms with Gasteiger partial charge in [0.15, 0.2) is 5.17 Å². The lowest BCUT2D eigenvalue weighted by Gasteiger charge is -2.39. The quantitative estimate of drug-likeness (QED) is 0.332. The number of thioether (sulfide) groups is 1. The minimum atomic E-state index is -0.250. The second-order valence-electron chi connectivity index (χ2n) is 10.8. The Labute approximate surface area is 225 Å². The number of para-hydroxylation sites is 1. The van der Waals surface area contributed by atoms with E-state index in [2.05, 4.69) is 51.1 Å². The number of hydrogen-bond acceptors (Lipinski definition) is 4. The molecule has 0 aliphatic carbocycles. The van der Waals surface area contributed by atoms with Crippen LogP contribution in [0.15, 0.2) is 71.7 Å². The molecule has 2 amide bonds. The van der Waals surface area contributed by atoms with Gasteiger partial charge >= 0.3 is 6.03 Å². The van der Waals surface area contributed by atoms with Crippen LogP contribution < -0.4 is 9.64 Å². The first-order valence-corrected chi connectivity index (χ1v) is 13.8. The minimum absolute atomic E-state index is 0.00763. The van der Waals surface area contributed by atoms with Crippen LogP contribution in [0.5, 0.6) is 11.5 Å². The van der Waals surface area contributed by atoms with Crippen molar-refractivity contribution in [1.29, 1.82) is 0 Å². The van der Waals surface area contributed by atoms with E-state index in [-0.39, 0.29) is 17.6 Å². The Balaban J connectivity index is 1.60. The summed E-state index contributed by atoms with van der Waals surface area (Å²) in [7, 11) is 0. The van der Waals surface area contributed by atoms with E-state index in [0.29, 0.717) is 5.88 Å². The van der Waals surface area contributed by atoms with Crippen LogP contribution in [0.1, 0.15) is 56.9 Å². The third-order valence-corrected chi connectivity index (χ3v) is 7.02. The number of ether oxygens (including phenoxy) is 1. The zero-order chi connectivity index (χ0) is 26.7. The van der Waals surface area contributed by atoms with Crippen LogP contribution in [0.25, 0.3) is 0 Å². The molecule has 194 valence electrons. The molecule has 3 aromatic carbocycles. The van der Waals surface area contributed by atoms with Crippen LogP contribution in [-0.2, 0) is 6.42 Å². The molecule has 0 aromatic heterocycles. The number of aryl methyl sites for hydroxylation is 2. The summed E-state index contributed by atoms with van der Waals surface area (Å²) in [6, 6.07) is 22.6. The van der Waals surface area contributed by atoms with Gasteiger partial charge in [0, 0.05) is 12.5 Å². The van der Waals surface area contributed by atoms with E-state index in [9.17, 15) is 4.79 Å². The Bertz CT molecular complexity index is 1270. The van der Waals surface area contributed by atoms with Crippen LogP contribution in [0.2, 0.25) is 0 Å². The van der Waals surface area contributed by atoms with Gasteiger partial charge in [-0.1, -0.05) is 60.3 Å². The van der Waals surface area contributed by atoms with Crippen molar-refractivity contribution >= 4 is 28.6 Å². The highest BCUT2D eigenvalue weighted by Crippen LogP contribution is 2.37. The van der Waals surface area contributed by atoms with Gasteiger partial charge in [-0.05, 0) is 88.9 Å². The van der Waals surface area contributed by atoms with Crippen molar-refractivity contribution in [1.82, 2.24) is 4.90 Å². The van der Waals surface area contributed by atoms with E-state index in [4.69, 9.17) is 9.73 Å². The summed E-state index contributed by atoms with van der Waals surface area (Å²) < 4.78 is 6.41. The fraction of sp³-hybridized carbons (Fsp3) is 0.355. The summed E-state index contributed by atoms with van der Waals surface area (Å²) in [6.45, 7) is 14.3. The predicted molar refractivity (Wildman–Crippen MR) is 156 cm³/mol. The first-order valence-electron chi connectivity index (χ1n) is 12.8. The fourth-order valence-electron chi connectivity index (χ4n) is 4.53. The molecule has 0 bridgehead atoms. The summed E-state index contributed by atoms with van der Waals surface area (Å²) in [5.74, 6) is 2.14. The first-order chi connectivity index (χ1) is 17.5. The monoisotopic (exact) mass is 515 g/mol. The van der Waals surface area contributed by atoms with E-state index in [0.717, 1.165) is 45.5 Å². The Kier molecular flexibility index (Phi) is 7.98. The lowest BCUT2D eigenvalue weighted by Crippen LogP contribution is -2.53. The van der Waals surface area contributed by atoms with E-state index in [1.54, 1.807) is 11.8 Å². The number of amides is 2. The normalized spacial score (nSPS) is 15.6. The van der Waals surface area contributed by atoms with Gasteiger partial charge in [0.25, 0.3) is 0 Å². The van der Waals surface area contributed by atoms with Crippen LogP contribution in [0.3, 0.4) is 0 Å². The molecule has 0 saturated carbocycles. The molecule has 0 atom stereocenters. The highest BCUT2D eigenvalue weighted by molar-refractivity contribution is 8.14. The highest BCUT2D eigenvalue weighted by Gasteiger charge is 2.36. The van der Waals surface area contributed by atoms with Gasteiger partial charge in [0.1, 0.15) is 11.5 Å². The Morgan fingerprint density at radius 2 is 1.59 bits per heavy atom. The highest BCUT2D eigenvalue weighted by atomic mass is 32.2. The average molecular weight is 516 g/mol. The van der Waals surface area contributed by atoms with Gasteiger partial charge in [-0.25, -0.2) is 4.79 Å². The maximum absolute atomic E-state index is 13.7. The first kappa shape index (κ1) is 26.8. The Hall–Kier alpha value is -3.25. The number of carbonyl (C=O) groups is 1. The molecule has 1 fully saturated rings. The summed E-state index contributed by atoms with van der Waals surface area (Å²) in [5, 5.41) is 0.786. The third-order valence-electron chi connectivity index (χ3n) is 6.09. The molecule has 1 saturated heterocycles. The van der Waals surface area contributed by atoms with Gasteiger partial charge in [-0.2, -0.15) is 0 Å². The number of nitrogens with zero attached hydrogens (tertiary/aromatic N) is 3. The van der Waals surface area contributed by atoms with Crippen LogP contribution >= 0.6 is 11.8 Å². The van der Waals surface area contributed by atoms with Gasteiger partial charge < -0.3 is 4.74 Å². The molecule has 6 heteroatoms. The summed E-state index contributed by atoms with van der Waals surface area (Å²) >= 11 is 1.61. The number of urea groups is 1. The van der Waals surface area contributed by atoms with Crippen LogP contribution in [0.4, 0.5) is 10.5 Å². The number of benzene rings is 3. The van der Waals surface area contributed by atoms with Gasteiger partial charge in [0.2, 0.25) is 0 Å². The molecule has 4 rings (SSSR count). The second-order valence-corrected chi connectivity index (χ2v) is 11.7. The molecular weight excluding hydrogens is 478 g/mol. The maximum Gasteiger partial charge on any atom is 0.331 e. The van der Waals surface area contributed by atoms with Crippen molar-refractivity contribution in [3.63, 3.8) is 0 Å². The molecule has 3 aromatic rings. The topological polar surface area (TPSA) is 45.1 Å². The molecule has 0 spiro atoms. The largest absolute Gasteiger partial charge is 0.457 e. The maximum atomic E-state index is 13.7. The number of anilines is 1. The predicted octanol–water partition coefficient (Wildman–Crippen LogP) is 8.18. The summed E-state index contributed by atoms with van der Waals surface area (Å²) in [5.41, 5.74) is 5.07. The minimum Gasteiger partial charge on any atom is -0.457 e. The van der Waals surface area contributed by atoms with Gasteiger partial charge in [-0.3, -0.25) is 14.8 Å². The zero-order valence-corrected chi connectivity index (χ0v) is 23.7. The molecule has 0 N–H and O–H groups in total. The van der Waals surface area contributed by atoms with Gasteiger partial charge in [0.05, 0.1) is 17.1 Å². The molecule has 1 heterocycles. The zero-order valence-electron chi connectivity index (χ0n) is 22.9. The van der Waals surface area contributed by atoms with E-state index in [1.807, 2.05) is 73.9 Å². The standard InChI is InChI=1S/C31H37N3O2S/c1-21(2)34-29(32-31(5,6)7)37-20-33(30(34)35)28-22(3)17-26(18-23(28)4)36-27-16-12-11-15-25(27)19-24-13-9-8-10-14-24/h8-18,21H,19-20H2,1-7H3/b32-29-. The smallest absolute Gasteiger partial charge is 0.331 e. The number of amidine groups is 1. The average Bonchev–Trinajstić information content (AvgIpc) is 2.81. The van der Waals surface area contributed by atoms with Crippen molar-refractivity contribution < 1.29 is 9.53 Å². The lowest BCUT2D eigenvalue weighted by atomic mass is 10.0. The van der Waals surface area contributed by atoms with Crippen LogP contribution in [-0.4, -0.2) is 33.6 Å². The lowest BCUT2D eigenvalue weighted by molar-refractivity contribution is 0.220. The van der Waals surface area contributed by atoms with Crippen LogP contribution in [0, 0.1) is 13.8 Å². The Morgan fingerprint density at radius 3 is 2.22 bits per heavy atom. The molecule has 0 unspecified atom stereocenters. The molecule has 1 aliphatic rings. The van der Waals surface area contributed by atoms with Crippen molar-refractivity contribution in [2.24, 2.45) is 4.99 Å². The molecular formula is C31H37N3O2S. The molecule has 37 heavy (non-hydrogen) atoms. The SMILES string of the molecule is Cc1cc(Oc2ccccc2Cc2ccccc2)cc(C)c1N1CS/C(=N\C(C)(C)C)N(C(C)C)C1=O. The summed E-state index contributed by atoms with van der Waals surface area (Å²) in [4.78, 5) is 22.2. The number of carbonyl (C=O) groups excluding carboxylic acids is 1. The molecule has 1 aliphatic heterocycles. The number of hydrogen-bond donors (Lipinski definition) is 0. The summed E-state index contributed by atoms with van der Waals surface area (Å²) in [6.07, 6.45) is 0.802. The third kappa shape index (κ3) is 6.37. The number of rotatable bonds is 6. The second kappa shape index (κ2) is 11.0. The molecule has 0 radical (unpaired) electrons. The van der Waals surface area contributed by atoms with E-state index < -0.39 is 0 Å².